The summed E-state index contributed by atoms with van der Waals surface area (Å²) in [5, 5.41) is 8.71. The van der Waals surface area contributed by atoms with Crippen molar-refractivity contribution in [3.05, 3.63) is 36.5 Å². The second-order valence-corrected chi connectivity index (χ2v) is 2.86. The second-order valence-electron chi connectivity index (χ2n) is 2.86. The SMILES string of the molecule is OCCc1coc(-c2cccnc2)n1. The van der Waals surface area contributed by atoms with Gasteiger partial charge in [0.1, 0.15) is 6.26 Å². The Labute approximate surface area is 81.2 Å². The molecule has 4 nitrogen and oxygen atoms in total. The molecular formula is C10H10N2O2. The molecule has 0 atom stereocenters. The summed E-state index contributed by atoms with van der Waals surface area (Å²) in [4.78, 5) is 8.17. The summed E-state index contributed by atoms with van der Waals surface area (Å²) < 4.78 is 5.24. The molecule has 2 heterocycles. The summed E-state index contributed by atoms with van der Waals surface area (Å²) in [5.74, 6) is 0.543. The number of hydrogen-bond donors (Lipinski definition) is 1. The van der Waals surface area contributed by atoms with Crippen molar-refractivity contribution in [1.82, 2.24) is 9.97 Å². The molecule has 0 radical (unpaired) electrons. The predicted molar refractivity (Wildman–Crippen MR) is 50.5 cm³/mol. The normalized spacial score (nSPS) is 10.4. The van der Waals surface area contributed by atoms with Gasteiger partial charge >= 0.3 is 0 Å². The Morgan fingerprint density at radius 3 is 3.07 bits per heavy atom. The highest BCUT2D eigenvalue weighted by Gasteiger charge is 2.05. The van der Waals surface area contributed by atoms with Gasteiger partial charge in [0.2, 0.25) is 5.89 Å². The van der Waals surface area contributed by atoms with Crippen LogP contribution in [0.25, 0.3) is 11.5 Å². The van der Waals surface area contributed by atoms with E-state index in [1.54, 1.807) is 18.7 Å². The smallest absolute Gasteiger partial charge is 0.227 e. The van der Waals surface area contributed by atoms with Crippen LogP contribution < -0.4 is 0 Å². The van der Waals surface area contributed by atoms with E-state index in [9.17, 15) is 0 Å². The van der Waals surface area contributed by atoms with E-state index < -0.39 is 0 Å². The predicted octanol–water partition coefficient (Wildman–Crippen LogP) is 1.27. The molecule has 2 aromatic rings. The molecule has 0 saturated carbocycles. The molecule has 1 N–H and O–H groups in total. The molecule has 2 aromatic heterocycles. The molecule has 0 amide bonds. The summed E-state index contributed by atoms with van der Waals surface area (Å²) in [7, 11) is 0. The van der Waals surface area contributed by atoms with Crippen LogP contribution in [0, 0.1) is 0 Å². The fourth-order valence-electron chi connectivity index (χ4n) is 1.16. The van der Waals surface area contributed by atoms with Crippen molar-refractivity contribution in [2.75, 3.05) is 6.61 Å². The first-order valence-electron chi connectivity index (χ1n) is 4.36. The van der Waals surface area contributed by atoms with E-state index in [4.69, 9.17) is 9.52 Å². The minimum atomic E-state index is 0.0824. The van der Waals surface area contributed by atoms with E-state index in [-0.39, 0.29) is 6.61 Å². The number of aromatic nitrogens is 2. The van der Waals surface area contributed by atoms with E-state index in [0.717, 1.165) is 11.3 Å². The summed E-state index contributed by atoms with van der Waals surface area (Å²) in [6.07, 6.45) is 5.46. The van der Waals surface area contributed by atoms with Crippen LogP contribution in [0.1, 0.15) is 5.69 Å². The molecule has 0 spiro atoms. The van der Waals surface area contributed by atoms with Crippen LogP contribution in [0.15, 0.2) is 35.2 Å². The standard InChI is InChI=1S/C10H10N2O2/c13-5-3-9-7-14-10(12-9)8-2-1-4-11-6-8/h1-2,4,6-7,13H,3,5H2. The van der Waals surface area contributed by atoms with E-state index in [2.05, 4.69) is 9.97 Å². The average Bonchev–Trinajstić information content (AvgIpc) is 2.68. The zero-order valence-corrected chi connectivity index (χ0v) is 7.55. The molecule has 2 rings (SSSR count). The first-order chi connectivity index (χ1) is 6.90. The molecule has 0 aromatic carbocycles. The second kappa shape index (κ2) is 4.02. The van der Waals surface area contributed by atoms with Crippen molar-refractivity contribution < 1.29 is 9.52 Å². The van der Waals surface area contributed by atoms with Crippen molar-refractivity contribution in [3.63, 3.8) is 0 Å². The molecule has 14 heavy (non-hydrogen) atoms. The lowest BCUT2D eigenvalue weighted by atomic mass is 10.3. The molecule has 72 valence electrons. The van der Waals surface area contributed by atoms with Gasteiger partial charge in [0.25, 0.3) is 0 Å². The summed E-state index contributed by atoms with van der Waals surface area (Å²) in [6.45, 7) is 0.0824. The lowest BCUT2D eigenvalue weighted by Gasteiger charge is -1.91. The molecule has 0 aliphatic carbocycles. The summed E-state index contributed by atoms with van der Waals surface area (Å²) in [6, 6.07) is 3.70. The Bertz CT molecular complexity index is 398. The maximum absolute atomic E-state index is 8.71. The van der Waals surface area contributed by atoms with Gasteiger partial charge in [-0.1, -0.05) is 0 Å². The van der Waals surface area contributed by atoms with Crippen LogP contribution >= 0.6 is 0 Å². The van der Waals surface area contributed by atoms with E-state index in [1.807, 2.05) is 12.1 Å². The van der Waals surface area contributed by atoms with Crippen LogP contribution in [0.5, 0.6) is 0 Å². The number of nitrogens with zero attached hydrogens (tertiary/aromatic N) is 2. The lowest BCUT2D eigenvalue weighted by Crippen LogP contribution is -1.90. The molecule has 0 bridgehead atoms. The number of aliphatic hydroxyl groups excluding tert-OH is 1. The van der Waals surface area contributed by atoms with E-state index in [1.165, 1.54) is 0 Å². The van der Waals surface area contributed by atoms with Gasteiger partial charge in [-0.25, -0.2) is 4.98 Å². The number of aliphatic hydroxyl groups is 1. The van der Waals surface area contributed by atoms with Gasteiger partial charge in [-0.2, -0.15) is 0 Å². The minimum Gasteiger partial charge on any atom is -0.444 e. The van der Waals surface area contributed by atoms with Gasteiger partial charge < -0.3 is 9.52 Å². The van der Waals surface area contributed by atoms with Crippen molar-refractivity contribution in [2.24, 2.45) is 0 Å². The largest absolute Gasteiger partial charge is 0.444 e. The Morgan fingerprint density at radius 2 is 2.36 bits per heavy atom. The highest BCUT2D eigenvalue weighted by molar-refractivity contribution is 5.50. The molecule has 4 heteroatoms. The van der Waals surface area contributed by atoms with Gasteiger partial charge in [-0.3, -0.25) is 4.98 Å². The quantitative estimate of drug-likeness (QED) is 0.791. The van der Waals surface area contributed by atoms with Gasteiger partial charge in [-0.15, -0.1) is 0 Å². The maximum Gasteiger partial charge on any atom is 0.227 e. The Hall–Kier alpha value is -1.68. The van der Waals surface area contributed by atoms with Crippen molar-refractivity contribution in [3.8, 4) is 11.5 Å². The highest BCUT2D eigenvalue weighted by Crippen LogP contribution is 2.16. The fraction of sp³-hybridized carbons (Fsp3) is 0.200. The van der Waals surface area contributed by atoms with Gasteiger partial charge in [0.05, 0.1) is 11.3 Å². The zero-order chi connectivity index (χ0) is 9.80. The number of hydrogen-bond acceptors (Lipinski definition) is 4. The topological polar surface area (TPSA) is 59.2 Å². The summed E-state index contributed by atoms with van der Waals surface area (Å²) >= 11 is 0. The molecule has 0 saturated heterocycles. The van der Waals surface area contributed by atoms with Crippen LogP contribution in [-0.4, -0.2) is 21.7 Å². The minimum absolute atomic E-state index is 0.0824. The molecule has 0 unspecified atom stereocenters. The van der Waals surface area contributed by atoms with Gasteiger partial charge in [-0.05, 0) is 12.1 Å². The van der Waals surface area contributed by atoms with Gasteiger partial charge in [0.15, 0.2) is 0 Å². The van der Waals surface area contributed by atoms with Crippen LogP contribution in [0.3, 0.4) is 0 Å². The Morgan fingerprint density at radius 1 is 1.43 bits per heavy atom. The van der Waals surface area contributed by atoms with E-state index >= 15 is 0 Å². The average molecular weight is 190 g/mol. The first-order valence-corrected chi connectivity index (χ1v) is 4.36. The number of oxazole rings is 1. The monoisotopic (exact) mass is 190 g/mol. The first kappa shape index (κ1) is 8.90. The van der Waals surface area contributed by atoms with Crippen LogP contribution in [0.2, 0.25) is 0 Å². The van der Waals surface area contributed by atoms with E-state index in [0.29, 0.717) is 12.3 Å². The van der Waals surface area contributed by atoms with Crippen molar-refractivity contribution in [2.45, 2.75) is 6.42 Å². The fourth-order valence-corrected chi connectivity index (χ4v) is 1.16. The Kier molecular flexibility index (Phi) is 2.55. The molecule has 0 aliphatic heterocycles. The molecular weight excluding hydrogens is 180 g/mol. The van der Waals surface area contributed by atoms with Crippen LogP contribution in [0.4, 0.5) is 0 Å². The number of pyridine rings is 1. The van der Waals surface area contributed by atoms with Gasteiger partial charge in [0, 0.05) is 25.4 Å². The third kappa shape index (κ3) is 1.80. The lowest BCUT2D eigenvalue weighted by molar-refractivity contribution is 0.298. The summed E-state index contributed by atoms with van der Waals surface area (Å²) in [5.41, 5.74) is 1.60. The maximum atomic E-state index is 8.71. The third-order valence-electron chi connectivity index (χ3n) is 1.83. The highest BCUT2D eigenvalue weighted by atomic mass is 16.3. The van der Waals surface area contributed by atoms with Crippen molar-refractivity contribution >= 4 is 0 Å². The Balaban J connectivity index is 2.25. The van der Waals surface area contributed by atoms with Crippen LogP contribution in [-0.2, 0) is 6.42 Å². The van der Waals surface area contributed by atoms with Crippen molar-refractivity contribution in [1.29, 1.82) is 0 Å². The molecule has 0 aliphatic rings. The molecule has 0 fully saturated rings. The third-order valence-corrected chi connectivity index (χ3v) is 1.83. The zero-order valence-electron chi connectivity index (χ0n) is 7.55. The number of rotatable bonds is 3.